The monoisotopic (exact) mass is 441 g/mol. The van der Waals surface area contributed by atoms with Crippen molar-refractivity contribution < 1.29 is 27.1 Å². The van der Waals surface area contributed by atoms with Gasteiger partial charge < -0.3 is 4.74 Å². The molecular formula is C18H20FN3O5S2. The SMILES string of the molecule is CCOC(=O)c1csc(NC(=O)c2ccc(F)c(S(=O)(=O)N3CCCCC3)c2)n1. The minimum Gasteiger partial charge on any atom is -0.461 e. The lowest BCUT2D eigenvalue weighted by atomic mass is 10.2. The Kier molecular flexibility index (Phi) is 6.60. The van der Waals surface area contributed by atoms with Crippen molar-refractivity contribution in [2.24, 2.45) is 0 Å². The number of rotatable bonds is 6. The molecule has 0 atom stereocenters. The van der Waals surface area contributed by atoms with Crippen LogP contribution in [-0.2, 0) is 14.8 Å². The molecule has 8 nitrogen and oxygen atoms in total. The zero-order chi connectivity index (χ0) is 21.0. The van der Waals surface area contributed by atoms with Crippen LogP contribution in [0.1, 0.15) is 47.0 Å². The predicted molar refractivity (Wildman–Crippen MR) is 105 cm³/mol. The van der Waals surface area contributed by atoms with Gasteiger partial charge in [-0.1, -0.05) is 6.42 Å². The summed E-state index contributed by atoms with van der Waals surface area (Å²) >= 11 is 1.02. The molecule has 3 rings (SSSR count). The van der Waals surface area contributed by atoms with Gasteiger partial charge in [-0.05, 0) is 38.0 Å². The molecule has 29 heavy (non-hydrogen) atoms. The second-order valence-electron chi connectivity index (χ2n) is 6.32. The number of esters is 1. The van der Waals surface area contributed by atoms with Crippen molar-refractivity contribution in [3.63, 3.8) is 0 Å². The third-order valence-corrected chi connectivity index (χ3v) is 7.01. The maximum absolute atomic E-state index is 14.3. The van der Waals surface area contributed by atoms with Gasteiger partial charge in [0, 0.05) is 24.0 Å². The van der Waals surface area contributed by atoms with Crippen molar-refractivity contribution in [1.82, 2.24) is 9.29 Å². The number of nitrogens with one attached hydrogen (secondary N) is 1. The Morgan fingerprint density at radius 1 is 1.28 bits per heavy atom. The summed E-state index contributed by atoms with van der Waals surface area (Å²) in [7, 11) is -4.03. The quantitative estimate of drug-likeness (QED) is 0.691. The number of thiazole rings is 1. The molecule has 1 amide bonds. The van der Waals surface area contributed by atoms with E-state index in [0.29, 0.717) is 25.9 Å². The van der Waals surface area contributed by atoms with Crippen molar-refractivity contribution in [3.05, 3.63) is 40.7 Å². The van der Waals surface area contributed by atoms with Crippen LogP contribution in [0.15, 0.2) is 28.5 Å². The van der Waals surface area contributed by atoms with E-state index in [-0.39, 0.29) is 23.0 Å². The summed E-state index contributed by atoms with van der Waals surface area (Å²) in [6.45, 7) is 2.51. The molecule has 1 aromatic heterocycles. The van der Waals surface area contributed by atoms with E-state index in [2.05, 4.69) is 10.3 Å². The summed E-state index contributed by atoms with van der Waals surface area (Å²) in [4.78, 5) is 27.6. The first-order chi connectivity index (χ1) is 13.8. The number of piperidine rings is 1. The molecule has 0 bridgehead atoms. The van der Waals surface area contributed by atoms with E-state index in [4.69, 9.17) is 4.74 Å². The van der Waals surface area contributed by atoms with Crippen molar-refractivity contribution in [2.45, 2.75) is 31.1 Å². The van der Waals surface area contributed by atoms with Gasteiger partial charge >= 0.3 is 5.97 Å². The van der Waals surface area contributed by atoms with Gasteiger partial charge in [0.2, 0.25) is 10.0 Å². The third kappa shape index (κ3) is 4.80. The number of anilines is 1. The van der Waals surface area contributed by atoms with Gasteiger partial charge in [0.25, 0.3) is 5.91 Å². The third-order valence-electron chi connectivity index (χ3n) is 4.34. The predicted octanol–water partition coefficient (Wildman–Crippen LogP) is 2.89. The molecule has 1 aliphatic rings. The van der Waals surface area contributed by atoms with Gasteiger partial charge in [-0.2, -0.15) is 4.31 Å². The Morgan fingerprint density at radius 2 is 2.00 bits per heavy atom. The van der Waals surface area contributed by atoms with Gasteiger partial charge in [0.05, 0.1) is 6.61 Å². The van der Waals surface area contributed by atoms with Crippen LogP contribution < -0.4 is 5.32 Å². The topological polar surface area (TPSA) is 106 Å². The highest BCUT2D eigenvalue weighted by Crippen LogP contribution is 2.25. The van der Waals surface area contributed by atoms with Gasteiger partial charge in [0.1, 0.15) is 10.7 Å². The second-order valence-corrected chi connectivity index (χ2v) is 9.09. The molecule has 1 N–H and O–H groups in total. The number of carbonyl (C=O) groups excluding carboxylic acids is 2. The van der Waals surface area contributed by atoms with Crippen LogP contribution in [0.2, 0.25) is 0 Å². The molecule has 0 saturated carbocycles. The van der Waals surface area contributed by atoms with E-state index in [0.717, 1.165) is 29.9 Å². The summed E-state index contributed by atoms with van der Waals surface area (Å²) in [6.07, 6.45) is 2.36. The number of hydrogen-bond acceptors (Lipinski definition) is 7. The average molecular weight is 442 g/mol. The largest absolute Gasteiger partial charge is 0.461 e. The number of aromatic nitrogens is 1. The number of amides is 1. The summed E-state index contributed by atoms with van der Waals surface area (Å²) in [5.74, 6) is -2.18. The molecule has 0 unspecified atom stereocenters. The first-order valence-corrected chi connectivity index (χ1v) is 11.4. The zero-order valence-corrected chi connectivity index (χ0v) is 17.3. The number of sulfonamides is 1. The number of halogens is 1. The molecule has 2 heterocycles. The van der Waals surface area contributed by atoms with Crippen molar-refractivity contribution >= 4 is 38.4 Å². The summed E-state index contributed by atoms with van der Waals surface area (Å²) in [5.41, 5.74) is 0.0227. The molecule has 1 fully saturated rings. The van der Waals surface area contributed by atoms with Crippen LogP contribution in [-0.4, -0.2) is 49.3 Å². The fourth-order valence-corrected chi connectivity index (χ4v) is 5.17. The van der Waals surface area contributed by atoms with E-state index in [9.17, 15) is 22.4 Å². The van der Waals surface area contributed by atoms with E-state index >= 15 is 0 Å². The Hall–Kier alpha value is -2.37. The van der Waals surface area contributed by atoms with Crippen LogP contribution in [0, 0.1) is 5.82 Å². The number of ether oxygens (including phenoxy) is 1. The molecule has 11 heteroatoms. The standard InChI is InChI=1S/C18H20FN3O5S2/c1-2-27-17(24)14-11-28-18(20-14)21-16(23)12-6-7-13(19)15(10-12)29(25,26)22-8-4-3-5-9-22/h6-7,10-11H,2-5,8-9H2,1H3,(H,20,21,23). The van der Waals surface area contributed by atoms with Crippen molar-refractivity contribution in [1.29, 1.82) is 0 Å². The molecule has 0 aliphatic carbocycles. The maximum atomic E-state index is 14.3. The second kappa shape index (κ2) is 8.97. The Morgan fingerprint density at radius 3 is 2.69 bits per heavy atom. The van der Waals surface area contributed by atoms with Gasteiger partial charge in [-0.3, -0.25) is 10.1 Å². The lowest BCUT2D eigenvalue weighted by Gasteiger charge is -2.26. The number of carbonyl (C=O) groups is 2. The Bertz CT molecular complexity index is 1020. The van der Waals surface area contributed by atoms with Crippen LogP contribution in [0.5, 0.6) is 0 Å². The van der Waals surface area contributed by atoms with Crippen molar-refractivity contribution in [3.8, 4) is 0 Å². The summed E-state index contributed by atoms with van der Waals surface area (Å²) in [6, 6.07) is 3.17. The molecule has 1 saturated heterocycles. The van der Waals surface area contributed by atoms with Crippen LogP contribution in [0.4, 0.5) is 9.52 Å². The first-order valence-electron chi connectivity index (χ1n) is 9.06. The lowest BCUT2D eigenvalue weighted by molar-refractivity contribution is 0.0520. The molecular weight excluding hydrogens is 421 g/mol. The smallest absolute Gasteiger partial charge is 0.357 e. The van der Waals surface area contributed by atoms with Gasteiger partial charge in [0.15, 0.2) is 10.8 Å². The van der Waals surface area contributed by atoms with Crippen LogP contribution in [0.3, 0.4) is 0 Å². The van der Waals surface area contributed by atoms with E-state index < -0.39 is 32.6 Å². The van der Waals surface area contributed by atoms with Crippen LogP contribution in [0.25, 0.3) is 0 Å². The number of hydrogen-bond donors (Lipinski definition) is 1. The fourth-order valence-electron chi connectivity index (χ4n) is 2.89. The first kappa shape index (κ1) is 21.3. The normalized spacial score (nSPS) is 15.1. The number of nitrogens with zero attached hydrogens (tertiary/aromatic N) is 2. The Labute approximate surface area is 171 Å². The highest BCUT2D eigenvalue weighted by atomic mass is 32.2. The molecule has 1 aliphatic heterocycles. The summed E-state index contributed by atoms with van der Waals surface area (Å²) < 4.78 is 45.9. The van der Waals surface area contributed by atoms with Crippen molar-refractivity contribution in [2.75, 3.05) is 25.0 Å². The average Bonchev–Trinajstić information content (AvgIpc) is 3.17. The molecule has 0 radical (unpaired) electrons. The minimum absolute atomic E-state index is 0.0325. The highest BCUT2D eigenvalue weighted by Gasteiger charge is 2.29. The molecule has 1 aromatic carbocycles. The van der Waals surface area contributed by atoms with E-state index in [1.165, 1.54) is 15.8 Å². The minimum atomic E-state index is -4.03. The maximum Gasteiger partial charge on any atom is 0.357 e. The number of benzene rings is 1. The van der Waals surface area contributed by atoms with Gasteiger partial charge in [-0.25, -0.2) is 22.6 Å². The highest BCUT2D eigenvalue weighted by molar-refractivity contribution is 7.89. The Balaban J connectivity index is 1.80. The lowest BCUT2D eigenvalue weighted by Crippen LogP contribution is -2.36. The van der Waals surface area contributed by atoms with E-state index in [1.807, 2.05) is 0 Å². The fraction of sp³-hybridized carbons (Fsp3) is 0.389. The van der Waals surface area contributed by atoms with Gasteiger partial charge in [-0.15, -0.1) is 11.3 Å². The van der Waals surface area contributed by atoms with Crippen LogP contribution >= 0.6 is 11.3 Å². The molecule has 0 spiro atoms. The zero-order valence-electron chi connectivity index (χ0n) is 15.7. The molecule has 2 aromatic rings. The molecule has 156 valence electrons. The summed E-state index contributed by atoms with van der Waals surface area (Å²) in [5, 5.41) is 4.06. The van der Waals surface area contributed by atoms with E-state index in [1.54, 1.807) is 6.92 Å².